The highest BCUT2D eigenvalue weighted by molar-refractivity contribution is 5.97. The largest absolute Gasteiger partial charge is 0.460 e. The summed E-state index contributed by atoms with van der Waals surface area (Å²) in [5.74, 6) is 1.71. The van der Waals surface area contributed by atoms with E-state index in [0.29, 0.717) is 6.42 Å². The second kappa shape index (κ2) is 5.00. The van der Waals surface area contributed by atoms with Gasteiger partial charge in [0.15, 0.2) is 5.78 Å². The normalized spacial score (nSPS) is 10.5. The van der Waals surface area contributed by atoms with Crippen molar-refractivity contribution in [3.8, 4) is 11.3 Å². The molecule has 88 valence electrons. The van der Waals surface area contributed by atoms with E-state index in [9.17, 15) is 4.79 Å². The van der Waals surface area contributed by atoms with Gasteiger partial charge >= 0.3 is 0 Å². The van der Waals surface area contributed by atoms with Crippen molar-refractivity contribution in [2.24, 2.45) is 0 Å². The van der Waals surface area contributed by atoms with Gasteiger partial charge in [0, 0.05) is 18.4 Å². The minimum absolute atomic E-state index is 0.146. The van der Waals surface area contributed by atoms with Gasteiger partial charge in [0.2, 0.25) is 0 Å². The van der Waals surface area contributed by atoms with Gasteiger partial charge in [0.05, 0.1) is 5.56 Å². The maximum absolute atomic E-state index is 11.8. The average Bonchev–Trinajstić information content (AvgIpc) is 2.83. The monoisotopic (exact) mass is 228 g/mol. The van der Waals surface area contributed by atoms with Crippen molar-refractivity contribution in [3.63, 3.8) is 0 Å². The maximum atomic E-state index is 11.8. The van der Waals surface area contributed by atoms with E-state index in [2.05, 4.69) is 0 Å². The molecule has 0 fully saturated rings. The van der Waals surface area contributed by atoms with Crippen LogP contribution in [0.1, 0.15) is 36.4 Å². The molecule has 0 aliphatic rings. The lowest BCUT2D eigenvalue weighted by Gasteiger charge is -1.95. The van der Waals surface area contributed by atoms with E-state index >= 15 is 0 Å². The zero-order valence-corrected chi connectivity index (χ0v) is 10.2. The SMILES string of the molecule is CCC(=O)c1cc(-c2ccccc2)oc1CC. The second-order valence-corrected chi connectivity index (χ2v) is 3.94. The highest BCUT2D eigenvalue weighted by atomic mass is 16.3. The Morgan fingerprint density at radius 2 is 1.88 bits per heavy atom. The Morgan fingerprint density at radius 1 is 1.18 bits per heavy atom. The van der Waals surface area contributed by atoms with Gasteiger partial charge in [-0.3, -0.25) is 4.79 Å². The number of furan rings is 1. The molecular weight excluding hydrogens is 212 g/mol. The van der Waals surface area contributed by atoms with E-state index in [4.69, 9.17) is 4.42 Å². The van der Waals surface area contributed by atoms with Crippen molar-refractivity contribution in [2.75, 3.05) is 0 Å². The standard InChI is InChI=1S/C15H16O2/c1-3-13(16)12-10-15(17-14(12)4-2)11-8-6-5-7-9-11/h5-10H,3-4H2,1-2H3. The molecule has 0 unspecified atom stereocenters. The van der Waals surface area contributed by atoms with Gasteiger partial charge in [-0.15, -0.1) is 0 Å². The first-order chi connectivity index (χ1) is 8.26. The van der Waals surface area contributed by atoms with Crippen LogP contribution in [0.15, 0.2) is 40.8 Å². The zero-order chi connectivity index (χ0) is 12.3. The number of hydrogen-bond acceptors (Lipinski definition) is 2. The van der Waals surface area contributed by atoms with Crippen LogP contribution in [-0.2, 0) is 6.42 Å². The number of hydrogen-bond donors (Lipinski definition) is 0. The summed E-state index contributed by atoms with van der Waals surface area (Å²) in [5.41, 5.74) is 1.74. The van der Waals surface area contributed by atoms with Gasteiger partial charge in [-0.25, -0.2) is 0 Å². The number of ketones is 1. The Balaban J connectivity index is 2.45. The Bertz CT molecular complexity index is 509. The van der Waals surface area contributed by atoms with Crippen LogP contribution in [0.3, 0.4) is 0 Å². The Morgan fingerprint density at radius 3 is 2.47 bits per heavy atom. The van der Waals surface area contributed by atoms with E-state index in [1.54, 1.807) is 0 Å². The van der Waals surface area contributed by atoms with E-state index < -0.39 is 0 Å². The van der Waals surface area contributed by atoms with Crippen LogP contribution < -0.4 is 0 Å². The molecule has 0 amide bonds. The van der Waals surface area contributed by atoms with Gasteiger partial charge in [-0.2, -0.15) is 0 Å². The minimum atomic E-state index is 0.146. The van der Waals surface area contributed by atoms with Crippen LogP contribution >= 0.6 is 0 Å². The van der Waals surface area contributed by atoms with Crippen LogP contribution in [0.2, 0.25) is 0 Å². The molecular formula is C15H16O2. The molecule has 0 radical (unpaired) electrons. The van der Waals surface area contributed by atoms with E-state index in [-0.39, 0.29) is 5.78 Å². The minimum Gasteiger partial charge on any atom is -0.460 e. The fraction of sp³-hybridized carbons (Fsp3) is 0.267. The molecule has 2 heteroatoms. The molecule has 0 aliphatic carbocycles. The fourth-order valence-corrected chi connectivity index (χ4v) is 1.86. The average molecular weight is 228 g/mol. The van der Waals surface area contributed by atoms with Crippen molar-refractivity contribution >= 4 is 5.78 Å². The lowest BCUT2D eigenvalue weighted by molar-refractivity contribution is 0.0986. The van der Waals surface area contributed by atoms with Crippen LogP contribution in [-0.4, -0.2) is 5.78 Å². The lowest BCUT2D eigenvalue weighted by atomic mass is 10.1. The van der Waals surface area contributed by atoms with Gasteiger partial charge in [0.25, 0.3) is 0 Å². The van der Waals surface area contributed by atoms with Crippen LogP contribution in [0.4, 0.5) is 0 Å². The quantitative estimate of drug-likeness (QED) is 0.737. The van der Waals surface area contributed by atoms with Crippen molar-refractivity contribution in [2.45, 2.75) is 26.7 Å². The molecule has 0 saturated heterocycles. The van der Waals surface area contributed by atoms with Crippen LogP contribution in [0.5, 0.6) is 0 Å². The molecule has 1 aromatic carbocycles. The highest BCUT2D eigenvalue weighted by Gasteiger charge is 2.15. The number of Topliss-reactive ketones (excluding diaryl/α,β-unsaturated/α-hetero) is 1. The van der Waals surface area contributed by atoms with E-state index in [1.807, 2.05) is 50.2 Å². The summed E-state index contributed by atoms with van der Waals surface area (Å²) in [7, 11) is 0. The lowest BCUT2D eigenvalue weighted by Crippen LogP contribution is -1.97. The highest BCUT2D eigenvalue weighted by Crippen LogP contribution is 2.26. The second-order valence-electron chi connectivity index (χ2n) is 3.94. The molecule has 0 N–H and O–H groups in total. The first kappa shape index (κ1) is 11.6. The van der Waals surface area contributed by atoms with Gasteiger partial charge in [-0.05, 0) is 6.07 Å². The third-order valence-corrected chi connectivity index (χ3v) is 2.81. The number of aryl methyl sites for hydroxylation is 1. The van der Waals surface area contributed by atoms with Gasteiger partial charge < -0.3 is 4.42 Å². The summed E-state index contributed by atoms with van der Waals surface area (Å²) in [6.45, 7) is 3.87. The third kappa shape index (κ3) is 2.31. The number of carbonyl (C=O) groups excluding carboxylic acids is 1. The van der Waals surface area contributed by atoms with Crippen LogP contribution in [0, 0.1) is 0 Å². The molecule has 0 atom stereocenters. The summed E-state index contributed by atoms with van der Waals surface area (Å²) in [4.78, 5) is 11.8. The topological polar surface area (TPSA) is 30.2 Å². The number of benzene rings is 1. The van der Waals surface area contributed by atoms with E-state index in [0.717, 1.165) is 29.1 Å². The van der Waals surface area contributed by atoms with E-state index in [1.165, 1.54) is 0 Å². The fourth-order valence-electron chi connectivity index (χ4n) is 1.86. The third-order valence-electron chi connectivity index (χ3n) is 2.81. The summed E-state index contributed by atoms with van der Waals surface area (Å²) >= 11 is 0. The molecule has 2 nitrogen and oxygen atoms in total. The molecule has 17 heavy (non-hydrogen) atoms. The molecule has 2 rings (SSSR count). The predicted octanol–water partition coefficient (Wildman–Crippen LogP) is 4.10. The zero-order valence-electron chi connectivity index (χ0n) is 10.2. The Hall–Kier alpha value is -1.83. The molecule has 2 aromatic rings. The van der Waals surface area contributed by atoms with Crippen molar-refractivity contribution in [3.05, 3.63) is 47.7 Å². The maximum Gasteiger partial charge on any atom is 0.166 e. The first-order valence-corrected chi connectivity index (χ1v) is 5.97. The molecule has 0 saturated carbocycles. The smallest absolute Gasteiger partial charge is 0.166 e. The van der Waals surface area contributed by atoms with Crippen molar-refractivity contribution in [1.29, 1.82) is 0 Å². The van der Waals surface area contributed by atoms with Crippen molar-refractivity contribution < 1.29 is 9.21 Å². The van der Waals surface area contributed by atoms with Gasteiger partial charge in [0.1, 0.15) is 11.5 Å². The summed E-state index contributed by atoms with van der Waals surface area (Å²) < 4.78 is 5.75. The first-order valence-electron chi connectivity index (χ1n) is 5.97. The molecule has 0 aliphatic heterocycles. The molecule has 0 spiro atoms. The summed E-state index contributed by atoms with van der Waals surface area (Å²) in [6.07, 6.45) is 1.26. The predicted molar refractivity (Wildman–Crippen MR) is 68.1 cm³/mol. The van der Waals surface area contributed by atoms with Crippen LogP contribution in [0.25, 0.3) is 11.3 Å². The van der Waals surface area contributed by atoms with Crippen molar-refractivity contribution in [1.82, 2.24) is 0 Å². The summed E-state index contributed by atoms with van der Waals surface area (Å²) in [5, 5.41) is 0. The number of rotatable bonds is 4. The Kier molecular flexibility index (Phi) is 3.43. The molecule has 1 heterocycles. The number of carbonyl (C=O) groups is 1. The molecule has 1 aromatic heterocycles. The Labute approximate surface area is 101 Å². The van der Waals surface area contributed by atoms with Gasteiger partial charge in [-0.1, -0.05) is 44.2 Å². The molecule has 0 bridgehead atoms. The summed E-state index contributed by atoms with van der Waals surface area (Å²) in [6, 6.07) is 11.7.